The number of halogens is 1. The second kappa shape index (κ2) is 4.34. The second-order valence-corrected chi connectivity index (χ2v) is 3.47. The molecule has 0 spiro atoms. The molecule has 0 radical (unpaired) electrons. The van der Waals surface area contributed by atoms with Crippen molar-refractivity contribution in [2.75, 3.05) is 29.9 Å². The van der Waals surface area contributed by atoms with Gasteiger partial charge in [0.15, 0.2) is 0 Å². The van der Waals surface area contributed by atoms with E-state index in [0.29, 0.717) is 17.9 Å². The van der Waals surface area contributed by atoms with E-state index in [1.807, 2.05) is 0 Å². The number of hydrogen-bond acceptors (Lipinski definition) is 4. The number of aliphatic hydroxyl groups is 1. The number of hydrogen-bond donors (Lipinski definition) is 4. The molecule has 0 atom stereocenters. The Morgan fingerprint density at radius 2 is 2.00 bits per heavy atom. The average Bonchev–Trinajstić information content (AvgIpc) is 2.09. The summed E-state index contributed by atoms with van der Waals surface area (Å²) in [4.78, 5) is 0. The Hall–Kier alpha value is -0.940. The van der Waals surface area contributed by atoms with Crippen LogP contribution in [0.5, 0.6) is 0 Å². The van der Waals surface area contributed by atoms with E-state index >= 15 is 0 Å². The number of anilines is 3. The second-order valence-electron chi connectivity index (χ2n) is 2.61. The Bertz CT molecular complexity index is 304. The van der Waals surface area contributed by atoms with Crippen LogP contribution in [0.4, 0.5) is 17.1 Å². The molecule has 4 nitrogen and oxygen atoms in total. The quantitative estimate of drug-likeness (QED) is 0.600. The summed E-state index contributed by atoms with van der Waals surface area (Å²) in [5.74, 6) is 0. The summed E-state index contributed by atoms with van der Waals surface area (Å²) >= 11 is 3.29. The number of benzene rings is 1. The topological polar surface area (TPSA) is 84.3 Å². The van der Waals surface area contributed by atoms with Crippen molar-refractivity contribution in [1.29, 1.82) is 0 Å². The third kappa shape index (κ3) is 2.50. The van der Waals surface area contributed by atoms with Gasteiger partial charge in [-0.05, 0) is 28.1 Å². The highest BCUT2D eigenvalue weighted by Crippen LogP contribution is 2.28. The highest BCUT2D eigenvalue weighted by Gasteiger charge is 2.02. The van der Waals surface area contributed by atoms with Crippen molar-refractivity contribution in [3.05, 3.63) is 16.6 Å². The van der Waals surface area contributed by atoms with E-state index in [2.05, 4.69) is 21.2 Å². The zero-order valence-electron chi connectivity index (χ0n) is 7.05. The molecule has 0 saturated carbocycles. The smallest absolute Gasteiger partial charge is 0.0604 e. The lowest BCUT2D eigenvalue weighted by Crippen LogP contribution is -2.07. The lowest BCUT2D eigenvalue weighted by molar-refractivity contribution is 0.311. The Kier molecular flexibility index (Phi) is 3.39. The molecule has 1 aromatic rings. The Labute approximate surface area is 85.1 Å². The molecular formula is C8H12BrN3O. The lowest BCUT2D eigenvalue weighted by Gasteiger charge is -2.09. The molecule has 6 N–H and O–H groups in total. The van der Waals surface area contributed by atoms with E-state index in [4.69, 9.17) is 16.6 Å². The van der Waals surface area contributed by atoms with Gasteiger partial charge in [-0.15, -0.1) is 0 Å². The third-order valence-electron chi connectivity index (χ3n) is 1.60. The molecule has 0 aromatic heterocycles. The summed E-state index contributed by atoms with van der Waals surface area (Å²) in [6.07, 6.45) is 0. The molecule has 0 saturated heterocycles. The van der Waals surface area contributed by atoms with Gasteiger partial charge in [-0.25, -0.2) is 0 Å². The van der Waals surface area contributed by atoms with Gasteiger partial charge in [0.25, 0.3) is 0 Å². The highest BCUT2D eigenvalue weighted by molar-refractivity contribution is 9.10. The van der Waals surface area contributed by atoms with Gasteiger partial charge in [0.05, 0.1) is 18.0 Å². The molecule has 0 heterocycles. The molecule has 0 aliphatic rings. The zero-order valence-corrected chi connectivity index (χ0v) is 8.63. The fourth-order valence-corrected chi connectivity index (χ4v) is 1.29. The third-order valence-corrected chi connectivity index (χ3v) is 2.28. The van der Waals surface area contributed by atoms with E-state index in [9.17, 15) is 0 Å². The summed E-state index contributed by atoms with van der Waals surface area (Å²) in [5, 5.41) is 11.6. The van der Waals surface area contributed by atoms with E-state index in [1.165, 1.54) is 0 Å². The van der Waals surface area contributed by atoms with Crippen molar-refractivity contribution in [1.82, 2.24) is 0 Å². The van der Waals surface area contributed by atoms with E-state index in [0.717, 1.165) is 10.2 Å². The number of aliphatic hydroxyl groups excluding tert-OH is 1. The molecule has 1 rings (SSSR count). The predicted molar refractivity (Wildman–Crippen MR) is 58.5 cm³/mol. The first-order valence-electron chi connectivity index (χ1n) is 3.84. The van der Waals surface area contributed by atoms with Crippen LogP contribution >= 0.6 is 15.9 Å². The predicted octanol–water partition coefficient (Wildman–Crippen LogP) is 1.02. The minimum absolute atomic E-state index is 0.0709. The van der Waals surface area contributed by atoms with Crippen molar-refractivity contribution in [3.63, 3.8) is 0 Å². The van der Waals surface area contributed by atoms with E-state index in [1.54, 1.807) is 12.1 Å². The summed E-state index contributed by atoms with van der Waals surface area (Å²) < 4.78 is 0.794. The first-order valence-corrected chi connectivity index (χ1v) is 4.63. The summed E-state index contributed by atoms with van der Waals surface area (Å²) in [7, 11) is 0. The number of rotatable bonds is 3. The molecule has 1 aromatic carbocycles. The molecule has 0 aliphatic carbocycles. The molecule has 0 aliphatic heterocycles. The normalized spacial score (nSPS) is 10.0. The largest absolute Gasteiger partial charge is 0.398 e. The molecule has 72 valence electrons. The van der Waals surface area contributed by atoms with Gasteiger partial charge < -0.3 is 21.9 Å². The van der Waals surface area contributed by atoms with Crippen LogP contribution in [0.1, 0.15) is 0 Å². The van der Waals surface area contributed by atoms with Crippen LogP contribution in [0.2, 0.25) is 0 Å². The molecule has 0 bridgehead atoms. The van der Waals surface area contributed by atoms with Gasteiger partial charge >= 0.3 is 0 Å². The molecule has 13 heavy (non-hydrogen) atoms. The molecule has 0 fully saturated rings. The maximum Gasteiger partial charge on any atom is 0.0604 e. The van der Waals surface area contributed by atoms with Crippen LogP contribution in [0.25, 0.3) is 0 Å². The minimum atomic E-state index is 0.0709. The first-order chi connectivity index (χ1) is 6.15. The van der Waals surface area contributed by atoms with Gasteiger partial charge in [0.1, 0.15) is 0 Å². The SMILES string of the molecule is Nc1cc(N)c(NCCO)cc1Br. The van der Waals surface area contributed by atoms with Crippen molar-refractivity contribution in [2.45, 2.75) is 0 Å². The number of nitrogens with one attached hydrogen (secondary N) is 1. The van der Waals surface area contributed by atoms with Gasteiger partial charge in [-0.2, -0.15) is 0 Å². The number of nitrogen functional groups attached to an aromatic ring is 2. The van der Waals surface area contributed by atoms with Crippen molar-refractivity contribution in [2.24, 2.45) is 0 Å². The summed E-state index contributed by atoms with van der Waals surface area (Å²) in [6.45, 7) is 0.544. The maximum atomic E-state index is 8.60. The zero-order chi connectivity index (χ0) is 9.84. The van der Waals surface area contributed by atoms with Crippen LogP contribution in [0.3, 0.4) is 0 Å². The van der Waals surface area contributed by atoms with E-state index < -0.39 is 0 Å². The van der Waals surface area contributed by atoms with Gasteiger partial charge in [0.2, 0.25) is 0 Å². The van der Waals surface area contributed by atoms with Crippen molar-refractivity contribution < 1.29 is 5.11 Å². The fraction of sp³-hybridized carbons (Fsp3) is 0.250. The summed E-state index contributed by atoms with van der Waals surface area (Å²) in [6, 6.07) is 3.46. The monoisotopic (exact) mass is 245 g/mol. The van der Waals surface area contributed by atoms with Crippen LogP contribution in [-0.2, 0) is 0 Å². The molecule has 0 amide bonds. The van der Waals surface area contributed by atoms with Crippen LogP contribution in [-0.4, -0.2) is 18.3 Å². The molecule has 5 heteroatoms. The van der Waals surface area contributed by atoms with Gasteiger partial charge in [0, 0.05) is 16.7 Å². The van der Waals surface area contributed by atoms with Crippen LogP contribution < -0.4 is 16.8 Å². The summed E-state index contributed by atoms with van der Waals surface area (Å²) in [5.41, 5.74) is 13.3. The van der Waals surface area contributed by atoms with Crippen LogP contribution in [0, 0.1) is 0 Å². The highest BCUT2D eigenvalue weighted by atomic mass is 79.9. The Morgan fingerprint density at radius 3 is 2.62 bits per heavy atom. The standard InChI is InChI=1S/C8H12BrN3O/c9-5-3-8(12-1-2-13)7(11)4-6(5)10/h3-4,12-13H,1-2,10-11H2. The fourth-order valence-electron chi connectivity index (χ4n) is 0.951. The Morgan fingerprint density at radius 1 is 1.31 bits per heavy atom. The van der Waals surface area contributed by atoms with Crippen molar-refractivity contribution in [3.8, 4) is 0 Å². The first kappa shape index (κ1) is 10.1. The Balaban J connectivity index is 2.88. The van der Waals surface area contributed by atoms with Crippen LogP contribution in [0.15, 0.2) is 16.6 Å². The average molecular weight is 246 g/mol. The minimum Gasteiger partial charge on any atom is -0.398 e. The molecule has 0 unspecified atom stereocenters. The number of nitrogens with two attached hydrogens (primary N) is 2. The van der Waals surface area contributed by atoms with Crippen molar-refractivity contribution >= 4 is 33.0 Å². The maximum absolute atomic E-state index is 8.60. The van der Waals surface area contributed by atoms with E-state index in [-0.39, 0.29) is 6.61 Å². The molecular weight excluding hydrogens is 234 g/mol. The van der Waals surface area contributed by atoms with Gasteiger partial charge in [-0.1, -0.05) is 0 Å². The lowest BCUT2D eigenvalue weighted by atomic mass is 10.2. The van der Waals surface area contributed by atoms with Gasteiger partial charge in [-0.3, -0.25) is 0 Å².